The Morgan fingerprint density at radius 1 is 1.00 bits per heavy atom. The van der Waals surface area contributed by atoms with Crippen LogP contribution >= 0.6 is 0 Å². The zero-order chi connectivity index (χ0) is 21.6. The second-order valence-corrected chi connectivity index (χ2v) is 6.71. The zero-order valence-electron chi connectivity index (χ0n) is 16.5. The summed E-state index contributed by atoms with van der Waals surface area (Å²) >= 11 is 0. The van der Waals surface area contributed by atoms with E-state index in [1.165, 1.54) is 4.68 Å². The van der Waals surface area contributed by atoms with Crippen molar-refractivity contribution in [2.45, 2.75) is 6.04 Å². The molecule has 4 heterocycles. The quantitative estimate of drug-likeness (QED) is 0.421. The Morgan fingerprint density at radius 3 is 2.55 bits per heavy atom. The van der Waals surface area contributed by atoms with Crippen molar-refractivity contribution in [1.82, 2.24) is 24.7 Å². The fourth-order valence-corrected chi connectivity index (χ4v) is 3.01. The summed E-state index contributed by atoms with van der Waals surface area (Å²) in [6.07, 6.45) is 6.53. The van der Waals surface area contributed by atoms with Crippen molar-refractivity contribution in [3.8, 4) is 22.6 Å². The van der Waals surface area contributed by atoms with Gasteiger partial charge >= 0.3 is 0 Å². The van der Waals surface area contributed by atoms with Crippen LogP contribution in [0.2, 0.25) is 0 Å². The summed E-state index contributed by atoms with van der Waals surface area (Å²) in [5.74, 6) is -0.424. The second kappa shape index (κ2) is 9.24. The van der Waals surface area contributed by atoms with Crippen LogP contribution in [0.4, 0.5) is 5.69 Å². The number of anilines is 1. The van der Waals surface area contributed by atoms with E-state index < -0.39 is 11.9 Å². The van der Waals surface area contributed by atoms with Crippen LogP contribution in [0, 0.1) is 0 Å². The molecule has 31 heavy (non-hydrogen) atoms. The summed E-state index contributed by atoms with van der Waals surface area (Å²) in [7, 11) is 0. The molecule has 0 spiro atoms. The van der Waals surface area contributed by atoms with Gasteiger partial charge in [-0.15, -0.1) is 0 Å². The molecule has 0 radical (unpaired) electrons. The number of aliphatic hydroxyl groups excluding tert-OH is 2. The minimum absolute atomic E-state index is 0.224. The van der Waals surface area contributed by atoms with Crippen molar-refractivity contribution >= 4 is 11.6 Å². The molecule has 0 unspecified atom stereocenters. The van der Waals surface area contributed by atoms with E-state index in [1.807, 2.05) is 6.07 Å². The molecule has 9 heteroatoms. The van der Waals surface area contributed by atoms with E-state index in [-0.39, 0.29) is 18.9 Å². The van der Waals surface area contributed by atoms with Gasteiger partial charge in [-0.25, -0.2) is 4.98 Å². The molecule has 0 aliphatic heterocycles. The maximum Gasteiger partial charge on any atom is 0.274 e. The highest BCUT2D eigenvalue weighted by Gasteiger charge is 2.20. The van der Waals surface area contributed by atoms with E-state index in [4.69, 9.17) is 0 Å². The summed E-state index contributed by atoms with van der Waals surface area (Å²) in [5, 5.41) is 26.3. The van der Waals surface area contributed by atoms with Gasteiger partial charge in [-0.1, -0.05) is 12.1 Å². The number of nitrogens with zero attached hydrogens (tertiary/aromatic N) is 5. The number of nitrogens with one attached hydrogen (secondary N) is 1. The van der Waals surface area contributed by atoms with Crippen LogP contribution in [0.1, 0.15) is 16.5 Å². The highest BCUT2D eigenvalue weighted by molar-refractivity contribution is 6.04. The maximum atomic E-state index is 13.0. The summed E-state index contributed by atoms with van der Waals surface area (Å²) in [4.78, 5) is 25.8. The molecule has 1 amide bonds. The van der Waals surface area contributed by atoms with Crippen LogP contribution in [0.5, 0.6) is 0 Å². The SMILES string of the molecule is O=C(Nc1cn(C(CO)CO)nc1-c1ccccn1)c1cccc(-c2cccnc2)n1. The molecule has 0 saturated heterocycles. The monoisotopic (exact) mass is 416 g/mol. The fraction of sp³-hybridized carbons (Fsp3) is 0.136. The Labute approximate surface area is 178 Å². The topological polar surface area (TPSA) is 126 Å². The average molecular weight is 416 g/mol. The van der Waals surface area contributed by atoms with E-state index in [1.54, 1.807) is 67.3 Å². The number of rotatable bonds is 7. The smallest absolute Gasteiger partial charge is 0.274 e. The number of pyridine rings is 3. The third kappa shape index (κ3) is 4.47. The molecule has 0 atom stereocenters. The van der Waals surface area contributed by atoms with Gasteiger partial charge in [0.25, 0.3) is 5.91 Å². The summed E-state index contributed by atoms with van der Waals surface area (Å²) in [5.41, 5.74) is 3.01. The number of carbonyl (C=O) groups excluding carboxylic acids is 1. The lowest BCUT2D eigenvalue weighted by Crippen LogP contribution is -2.18. The van der Waals surface area contributed by atoms with E-state index in [0.717, 1.165) is 5.56 Å². The lowest BCUT2D eigenvalue weighted by atomic mass is 10.2. The maximum absolute atomic E-state index is 13.0. The molecule has 3 N–H and O–H groups in total. The van der Waals surface area contributed by atoms with Crippen LogP contribution in [-0.2, 0) is 0 Å². The van der Waals surface area contributed by atoms with Crippen LogP contribution in [0.25, 0.3) is 22.6 Å². The Kier molecular flexibility index (Phi) is 6.06. The third-order valence-electron chi connectivity index (χ3n) is 4.62. The molecule has 0 aromatic carbocycles. The predicted molar refractivity (Wildman–Crippen MR) is 114 cm³/mol. The molecule has 4 aromatic rings. The Hall–Kier alpha value is -3.95. The van der Waals surface area contributed by atoms with Crippen molar-refractivity contribution in [1.29, 1.82) is 0 Å². The zero-order valence-corrected chi connectivity index (χ0v) is 16.5. The number of aliphatic hydroxyl groups is 2. The molecule has 156 valence electrons. The Bertz CT molecular complexity index is 1160. The fourth-order valence-electron chi connectivity index (χ4n) is 3.01. The lowest BCUT2D eigenvalue weighted by molar-refractivity contribution is 0.102. The van der Waals surface area contributed by atoms with Gasteiger partial charge in [0.15, 0.2) is 0 Å². The molecule has 0 fully saturated rings. The highest BCUT2D eigenvalue weighted by Crippen LogP contribution is 2.27. The number of hydrogen-bond acceptors (Lipinski definition) is 7. The molecule has 9 nitrogen and oxygen atoms in total. The summed E-state index contributed by atoms with van der Waals surface area (Å²) in [6, 6.07) is 13.5. The van der Waals surface area contributed by atoms with Gasteiger partial charge in [0.05, 0.1) is 36.3 Å². The second-order valence-electron chi connectivity index (χ2n) is 6.71. The summed E-state index contributed by atoms with van der Waals surface area (Å²) in [6.45, 7) is -0.607. The summed E-state index contributed by atoms with van der Waals surface area (Å²) < 4.78 is 1.42. The minimum Gasteiger partial charge on any atom is -0.394 e. The van der Waals surface area contributed by atoms with Crippen LogP contribution in [-0.4, -0.2) is 54.1 Å². The molecule has 4 aromatic heterocycles. The third-order valence-corrected chi connectivity index (χ3v) is 4.62. The first kappa shape index (κ1) is 20.3. The van der Waals surface area contributed by atoms with Gasteiger partial charge in [-0.2, -0.15) is 5.10 Å². The van der Waals surface area contributed by atoms with Crippen LogP contribution < -0.4 is 5.32 Å². The molecule has 4 rings (SSSR count). The lowest BCUT2D eigenvalue weighted by Gasteiger charge is -2.10. The predicted octanol–water partition coefficient (Wildman–Crippen LogP) is 2.18. The van der Waals surface area contributed by atoms with Crippen LogP contribution in [0.15, 0.2) is 73.3 Å². The highest BCUT2D eigenvalue weighted by atomic mass is 16.3. The van der Waals surface area contributed by atoms with Gasteiger partial charge in [0, 0.05) is 30.4 Å². The largest absolute Gasteiger partial charge is 0.394 e. The first-order valence-corrected chi connectivity index (χ1v) is 9.60. The van der Waals surface area contributed by atoms with Gasteiger partial charge in [0.1, 0.15) is 11.4 Å². The molecule has 0 aliphatic rings. The minimum atomic E-state index is -0.639. The molecular weight excluding hydrogens is 396 g/mol. The first-order valence-electron chi connectivity index (χ1n) is 9.60. The van der Waals surface area contributed by atoms with Crippen LogP contribution in [0.3, 0.4) is 0 Å². The first-order chi connectivity index (χ1) is 15.2. The molecule has 0 bridgehead atoms. The molecule has 0 aliphatic carbocycles. The number of aromatic nitrogens is 5. The van der Waals surface area contributed by atoms with E-state index in [0.29, 0.717) is 22.8 Å². The Morgan fingerprint density at radius 2 is 1.84 bits per heavy atom. The van der Waals surface area contributed by atoms with E-state index in [2.05, 4.69) is 25.4 Å². The normalized spacial score (nSPS) is 10.9. The molecule has 0 saturated carbocycles. The number of hydrogen-bond donors (Lipinski definition) is 3. The number of amides is 1. The number of carbonyl (C=O) groups is 1. The van der Waals surface area contributed by atoms with Gasteiger partial charge < -0.3 is 15.5 Å². The standard InChI is InChI=1S/C22H20N6O3/c29-13-16(14-30)28-12-20(21(27-28)18-6-1-2-10-24-18)26-22(31)19-8-3-7-17(25-19)15-5-4-9-23-11-15/h1-12,16,29-30H,13-14H2,(H,26,31). The van der Waals surface area contributed by atoms with Gasteiger partial charge in [-0.05, 0) is 36.4 Å². The average Bonchev–Trinajstić information content (AvgIpc) is 3.24. The van der Waals surface area contributed by atoms with Crippen molar-refractivity contribution < 1.29 is 15.0 Å². The van der Waals surface area contributed by atoms with E-state index in [9.17, 15) is 15.0 Å². The van der Waals surface area contributed by atoms with Crippen molar-refractivity contribution in [3.63, 3.8) is 0 Å². The van der Waals surface area contributed by atoms with E-state index >= 15 is 0 Å². The van der Waals surface area contributed by atoms with Gasteiger partial charge in [0.2, 0.25) is 0 Å². The molecular formula is C22H20N6O3. The van der Waals surface area contributed by atoms with Crippen molar-refractivity contribution in [2.75, 3.05) is 18.5 Å². The van der Waals surface area contributed by atoms with Crippen molar-refractivity contribution in [2.24, 2.45) is 0 Å². The van der Waals surface area contributed by atoms with Crippen molar-refractivity contribution in [3.05, 3.63) is 79.0 Å². The Balaban J connectivity index is 1.66. The van der Waals surface area contributed by atoms with Gasteiger partial charge in [-0.3, -0.25) is 19.4 Å².